The maximum Gasteiger partial charge on any atom is 0.289 e. The van der Waals surface area contributed by atoms with Gasteiger partial charge in [0.05, 0.1) is 6.04 Å². The van der Waals surface area contributed by atoms with Gasteiger partial charge in [-0.3, -0.25) is 14.4 Å². The molecule has 2 amide bonds. The van der Waals surface area contributed by atoms with E-state index < -0.39 is 17.7 Å². The molecule has 0 aromatic heterocycles. The lowest BCUT2D eigenvalue weighted by molar-refractivity contribution is -0.139. The molecule has 1 saturated heterocycles. The van der Waals surface area contributed by atoms with E-state index >= 15 is 0 Å². The number of carbonyl (C=O) groups is 3. The Labute approximate surface area is 129 Å². The van der Waals surface area contributed by atoms with E-state index in [-0.39, 0.29) is 11.8 Å². The van der Waals surface area contributed by atoms with E-state index in [0.717, 1.165) is 5.56 Å². The number of ketones is 1. The number of hydrogen-bond acceptors (Lipinski definition) is 4. The lowest BCUT2D eigenvalue weighted by Gasteiger charge is -2.17. The first-order chi connectivity index (χ1) is 10.6. The van der Waals surface area contributed by atoms with Gasteiger partial charge in [-0.1, -0.05) is 30.3 Å². The Morgan fingerprint density at radius 1 is 1.32 bits per heavy atom. The molecule has 1 aromatic carbocycles. The fraction of sp³-hybridized carbons (Fsp3) is 0.438. The van der Waals surface area contributed by atoms with Crippen LogP contribution in [0.25, 0.3) is 0 Å². The quantitative estimate of drug-likeness (QED) is 0.618. The molecule has 2 unspecified atom stereocenters. The third-order valence-corrected chi connectivity index (χ3v) is 3.87. The molecule has 1 heterocycles. The third-order valence-electron chi connectivity index (χ3n) is 3.87. The van der Waals surface area contributed by atoms with Crippen LogP contribution in [0.15, 0.2) is 30.3 Å². The average Bonchev–Trinajstić information content (AvgIpc) is 2.95. The van der Waals surface area contributed by atoms with Crippen LogP contribution >= 0.6 is 0 Å². The fourth-order valence-electron chi connectivity index (χ4n) is 2.53. The predicted molar refractivity (Wildman–Crippen MR) is 81.9 cm³/mol. The topological polar surface area (TPSA) is 87.3 Å². The Bertz CT molecular complexity index is 545. The van der Waals surface area contributed by atoms with Crippen molar-refractivity contribution < 1.29 is 14.4 Å². The zero-order valence-corrected chi connectivity index (χ0v) is 12.6. The van der Waals surface area contributed by atoms with Crippen LogP contribution in [-0.4, -0.2) is 37.2 Å². The molecule has 6 heteroatoms. The summed E-state index contributed by atoms with van der Waals surface area (Å²) in [6.45, 7) is 0.945. The standard InChI is InChI=1S/C16H21N3O3/c1-17-13(9-12-7-8-18-15(12)21)14(20)16(22)19-10-11-5-3-2-4-6-11/h2-6,12-13,17H,7-10H2,1H3,(H,18,21)(H,19,22). The number of Topliss-reactive ketones (excluding diaryl/α,β-unsaturated/α-hetero) is 1. The van der Waals surface area contributed by atoms with E-state index in [1.54, 1.807) is 7.05 Å². The summed E-state index contributed by atoms with van der Waals surface area (Å²) in [6.07, 6.45) is 1.05. The van der Waals surface area contributed by atoms with Gasteiger partial charge in [0.1, 0.15) is 0 Å². The monoisotopic (exact) mass is 303 g/mol. The van der Waals surface area contributed by atoms with Crippen molar-refractivity contribution in [3.63, 3.8) is 0 Å². The van der Waals surface area contributed by atoms with Crippen molar-refractivity contribution in [1.82, 2.24) is 16.0 Å². The van der Waals surface area contributed by atoms with E-state index in [4.69, 9.17) is 0 Å². The van der Waals surface area contributed by atoms with Crippen molar-refractivity contribution in [1.29, 1.82) is 0 Å². The first-order valence-corrected chi connectivity index (χ1v) is 7.42. The summed E-state index contributed by atoms with van der Waals surface area (Å²) in [6, 6.07) is 8.76. The van der Waals surface area contributed by atoms with E-state index in [0.29, 0.717) is 25.9 Å². The molecule has 0 bridgehead atoms. The molecule has 1 aliphatic heterocycles. The summed E-state index contributed by atoms with van der Waals surface area (Å²) >= 11 is 0. The van der Waals surface area contributed by atoms with Gasteiger partial charge < -0.3 is 16.0 Å². The summed E-state index contributed by atoms with van der Waals surface area (Å²) < 4.78 is 0. The molecule has 0 aliphatic carbocycles. The first-order valence-electron chi connectivity index (χ1n) is 7.42. The molecule has 0 saturated carbocycles. The fourth-order valence-corrected chi connectivity index (χ4v) is 2.53. The summed E-state index contributed by atoms with van der Waals surface area (Å²) in [5.74, 6) is -1.40. The van der Waals surface area contributed by atoms with Crippen molar-refractivity contribution in [2.75, 3.05) is 13.6 Å². The van der Waals surface area contributed by atoms with E-state index in [2.05, 4.69) is 16.0 Å². The van der Waals surface area contributed by atoms with Gasteiger partial charge in [0, 0.05) is 19.0 Å². The molecule has 6 nitrogen and oxygen atoms in total. The minimum atomic E-state index is -0.635. The SMILES string of the molecule is CNC(CC1CCNC1=O)C(=O)C(=O)NCc1ccccc1. The molecule has 2 atom stereocenters. The summed E-state index contributed by atoms with van der Waals surface area (Å²) in [4.78, 5) is 35.7. The second-order valence-electron chi connectivity index (χ2n) is 5.39. The molecule has 118 valence electrons. The Kier molecular flexibility index (Phi) is 5.66. The second kappa shape index (κ2) is 7.70. The Morgan fingerprint density at radius 3 is 2.64 bits per heavy atom. The van der Waals surface area contributed by atoms with Gasteiger partial charge in [0.2, 0.25) is 11.7 Å². The van der Waals surface area contributed by atoms with Gasteiger partial charge in [-0.05, 0) is 25.5 Å². The molecule has 0 radical (unpaired) electrons. The zero-order valence-electron chi connectivity index (χ0n) is 12.6. The zero-order chi connectivity index (χ0) is 15.9. The molecule has 1 aromatic rings. The number of hydrogen-bond donors (Lipinski definition) is 3. The average molecular weight is 303 g/mol. The Morgan fingerprint density at radius 2 is 2.05 bits per heavy atom. The molecule has 0 spiro atoms. The van der Waals surface area contributed by atoms with Crippen molar-refractivity contribution in [3.8, 4) is 0 Å². The van der Waals surface area contributed by atoms with Gasteiger partial charge in [0.25, 0.3) is 5.91 Å². The normalized spacial score (nSPS) is 18.6. The molecule has 3 N–H and O–H groups in total. The van der Waals surface area contributed by atoms with E-state index in [9.17, 15) is 14.4 Å². The van der Waals surface area contributed by atoms with Crippen LogP contribution in [0.5, 0.6) is 0 Å². The molecule has 2 rings (SSSR count). The largest absolute Gasteiger partial charge is 0.356 e. The highest BCUT2D eigenvalue weighted by Crippen LogP contribution is 2.16. The minimum absolute atomic E-state index is 0.0438. The molecular formula is C16H21N3O3. The van der Waals surface area contributed by atoms with Gasteiger partial charge in [-0.25, -0.2) is 0 Å². The van der Waals surface area contributed by atoms with Crippen LogP contribution in [0.1, 0.15) is 18.4 Å². The summed E-state index contributed by atoms with van der Waals surface area (Å²) in [5, 5.41) is 8.19. The summed E-state index contributed by atoms with van der Waals surface area (Å²) in [5.41, 5.74) is 0.930. The van der Waals surface area contributed by atoms with Crippen molar-refractivity contribution in [2.24, 2.45) is 5.92 Å². The summed E-state index contributed by atoms with van der Waals surface area (Å²) in [7, 11) is 1.62. The van der Waals surface area contributed by atoms with E-state index in [1.807, 2.05) is 30.3 Å². The smallest absolute Gasteiger partial charge is 0.289 e. The van der Waals surface area contributed by atoms with Crippen molar-refractivity contribution in [3.05, 3.63) is 35.9 Å². The van der Waals surface area contributed by atoms with Crippen LogP contribution in [0.3, 0.4) is 0 Å². The minimum Gasteiger partial charge on any atom is -0.356 e. The lowest BCUT2D eigenvalue weighted by Crippen LogP contribution is -2.45. The van der Waals surface area contributed by atoms with Gasteiger partial charge in [-0.15, -0.1) is 0 Å². The molecule has 1 aliphatic rings. The Balaban J connectivity index is 1.87. The number of amides is 2. The van der Waals surface area contributed by atoms with Crippen molar-refractivity contribution in [2.45, 2.75) is 25.4 Å². The number of benzene rings is 1. The predicted octanol–water partition coefficient (Wildman–Crippen LogP) is -0.0139. The highest BCUT2D eigenvalue weighted by atomic mass is 16.2. The second-order valence-corrected chi connectivity index (χ2v) is 5.39. The Hall–Kier alpha value is -2.21. The number of rotatable bonds is 7. The van der Waals surface area contributed by atoms with Gasteiger partial charge in [-0.2, -0.15) is 0 Å². The lowest BCUT2D eigenvalue weighted by atomic mass is 9.95. The van der Waals surface area contributed by atoms with Gasteiger partial charge in [0.15, 0.2) is 0 Å². The van der Waals surface area contributed by atoms with E-state index in [1.165, 1.54) is 0 Å². The first kappa shape index (κ1) is 16.2. The molecule has 22 heavy (non-hydrogen) atoms. The van der Waals surface area contributed by atoms with Crippen LogP contribution in [-0.2, 0) is 20.9 Å². The molecule has 1 fully saturated rings. The maximum atomic E-state index is 12.2. The third kappa shape index (κ3) is 4.14. The number of likely N-dealkylation sites (N-methyl/N-ethyl adjacent to an activating group) is 1. The highest BCUT2D eigenvalue weighted by Gasteiger charge is 2.31. The highest BCUT2D eigenvalue weighted by molar-refractivity contribution is 6.38. The van der Waals surface area contributed by atoms with Crippen LogP contribution in [0, 0.1) is 5.92 Å². The number of nitrogens with one attached hydrogen (secondary N) is 3. The maximum absolute atomic E-state index is 12.2. The molecular weight excluding hydrogens is 282 g/mol. The van der Waals surface area contributed by atoms with Gasteiger partial charge >= 0.3 is 0 Å². The van der Waals surface area contributed by atoms with Crippen LogP contribution in [0.2, 0.25) is 0 Å². The number of carbonyl (C=O) groups excluding carboxylic acids is 3. The van der Waals surface area contributed by atoms with Crippen molar-refractivity contribution >= 4 is 17.6 Å². The van der Waals surface area contributed by atoms with Crippen LogP contribution < -0.4 is 16.0 Å². The van der Waals surface area contributed by atoms with Crippen LogP contribution in [0.4, 0.5) is 0 Å².